The Kier molecular flexibility index (Phi) is 7.09. The molecule has 1 amide bonds. The summed E-state index contributed by atoms with van der Waals surface area (Å²) in [7, 11) is 1.64. The van der Waals surface area contributed by atoms with E-state index in [2.05, 4.69) is 12.2 Å². The van der Waals surface area contributed by atoms with Gasteiger partial charge in [0.15, 0.2) is 0 Å². The van der Waals surface area contributed by atoms with Crippen LogP contribution in [-0.2, 0) is 4.79 Å². The van der Waals surface area contributed by atoms with Gasteiger partial charge in [-0.1, -0.05) is 19.1 Å². The predicted octanol–water partition coefficient (Wildman–Crippen LogP) is 2.64. The summed E-state index contributed by atoms with van der Waals surface area (Å²) in [6.07, 6.45) is 2.40. The summed E-state index contributed by atoms with van der Waals surface area (Å²) in [5.74, 6) is 1.39. The van der Waals surface area contributed by atoms with Gasteiger partial charge < -0.3 is 15.8 Å². The lowest BCUT2D eigenvalue weighted by Gasteiger charge is -2.16. The zero-order valence-corrected chi connectivity index (χ0v) is 12.7. The van der Waals surface area contributed by atoms with Gasteiger partial charge in [0.1, 0.15) is 5.75 Å². The molecule has 0 radical (unpaired) electrons. The third-order valence-electron chi connectivity index (χ3n) is 3.49. The van der Waals surface area contributed by atoms with Gasteiger partial charge in [-0.25, -0.2) is 0 Å². The summed E-state index contributed by atoms with van der Waals surface area (Å²) in [5.41, 5.74) is 6.56. The van der Waals surface area contributed by atoms with Crippen LogP contribution in [0.1, 0.15) is 44.7 Å². The number of nitrogens with one attached hydrogen (secondary N) is 1. The molecule has 1 aromatic rings. The quantitative estimate of drug-likeness (QED) is 0.768. The maximum atomic E-state index is 11.9. The van der Waals surface area contributed by atoms with Crippen LogP contribution in [0, 0.1) is 5.92 Å². The number of carbonyl (C=O) groups is 1. The summed E-state index contributed by atoms with van der Waals surface area (Å²) >= 11 is 0. The van der Waals surface area contributed by atoms with Crippen molar-refractivity contribution >= 4 is 5.91 Å². The predicted molar refractivity (Wildman–Crippen MR) is 81.6 cm³/mol. The van der Waals surface area contributed by atoms with E-state index in [1.54, 1.807) is 7.11 Å². The van der Waals surface area contributed by atoms with Crippen LogP contribution in [0.25, 0.3) is 0 Å². The molecule has 0 aromatic heterocycles. The van der Waals surface area contributed by atoms with Crippen molar-refractivity contribution in [2.45, 2.75) is 39.2 Å². The van der Waals surface area contributed by atoms with Gasteiger partial charge in [0.2, 0.25) is 5.91 Å². The number of ether oxygens (including phenoxy) is 1. The Balaban J connectivity index is 2.44. The molecule has 20 heavy (non-hydrogen) atoms. The summed E-state index contributed by atoms with van der Waals surface area (Å²) < 4.78 is 5.19. The molecule has 0 aliphatic rings. The van der Waals surface area contributed by atoms with Gasteiger partial charge in [-0.2, -0.15) is 0 Å². The molecule has 0 fully saturated rings. The first-order valence-corrected chi connectivity index (χ1v) is 7.20. The molecule has 0 spiro atoms. The van der Waals surface area contributed by atoms with Crippen LogP contribution in [-0.4, -0.2) is 19.6 Å². The third kappa shape index (κ3) is 5.61. The highest BCUT2D eigenvalue weighted by molar-refractivity contribution is 5.76. The van der Waals surface area contributed by atoms with Gasteiger partial charge in [-0.05, 0) is 49.9 Å². The van der Waals surface area contributed by atoms with E-state index in [9.17, 15) is 4.79 Å². The van der Waals surface area contributed by atoms with Gasteiger partial charge in [0, 0.05) is 6.42 Å². The highest BCUT2D eigenvalue weighted by Gasteiger charge is 2.11. The summed E-state index contributed by atoms with van der Waals surface area (Å²) in [6, 6.07) is 7.75. The molecule has 0 heterocycles. The van der Waals surface area contributed by atoms with Crippen LogP contribution >= 0.6 is 0 Å². The van der Waals surface area contributed by atoms with Crippen molar-refractivity contribution in [2.24, 2.45) is 11.7 Å². The Morgan fingerprint density at radius 2 is 2.10 bits per heavy atom. The number of hydrogen-bond acceptors (Lipinski definition) is 3. The minimum Gasteiger partial charge on any atom is -0.497 e. The topological polar surface area (TPSA) is 64.3 Å². The number of nitrogens with two attached hydrogens (primary N) is 1. The fourth-order valence-electron chi connectivity index (χ4n) is 2.11. The molecule has 0 aliphatic carbocycles. The van der Waals surface area contributed by atoms with Gasteiger partial charge in [0.25, 0.3) is 0 Å². The average Bonchev–Trinajstić information content (AvgIpc) is 2.45. The molecular formula is C16H26N2O2. The molecule has 0 aliphatic heterocycles. The lowest BCUT2D eigenvalue weighted by molar-refractivity contribution is -0.122. The smallest absolute Gasteiger partial charge is 0.220 e. The highest BCUT2D eigenvalue weighted by Crippen LogP contribution is 2.19. The van der Waals surface area contributed by atoms with Gasteiger partial charge in [-0.3, -0.25) is 4.79 Å². The molecular weight excluding hydrogens is 252 g/mol. The van der Waals surface area contributed by atoms with E-state index in [1.807, 2.05) is 31.2 Å². The van der Waals surface area contributed by atoms with Crippen molar-refractivity contribution in [3.05, 3.63) is 29.8 Å². The number of amides is 1. The maximum Gasteiger partial charge on any atom is 0.220 e. The standard InChI is InChI=1S/C16H26N2O2/c1-12(9-10-17)7-8-16(19)18-13(2)14-5-4-6-15(11-14)20-3/h4-6,11-13H,7-10,17H2,1-3H3,(H,18,19)/t12?,13-/m1/s1. The molecule has 1 rings (SSSR count). The largest absolute Gasteiger partial charge is 0.497 e. The number of methoxy groups -OCH3 is 1. The van der Waals surface area contributed by atoms with E-state index in [0.717, 1.165) is 24.2 Å². The molecule has 1 aromatic carbocycles. The van der Waals surface area contributed by atoms with Gasteiger partial charge >= 0.3 is 0 Å². The second kappa shape index (κ2) is 8.59. The Morgan fingerprint density at radius 3 is 2.75 bits per heavy atom. The van der Waals surface area contributed by atoms with E-state index in [-0.39, 0.29) is 11.9 Å². The summed E-state index contributed by atoms with van der Waals surface area (Å²) in [5, 5.41) is 3.02. The Bertz CT molecular complexity index is 421. The van der Waals surface area contributed by atoms with Crippen LogP contribution < -0.4 is 15.8 Å². The minimum absolute atomic E-state index is 0.0117. The molecule has 4 heteroatoms. The van der Waals surface area contributed by atoms with Gasteiger partial charge in [0.05, 0.1) is 13.2 Å². The average molecular weight is 278 g/mol. The summed E-state index contributed by atoms with van der Waals surface area (Å²) in [6.45, 7) is 4.80. The number of hydrogen-bond donors (Lipinski definition) is 2. The second-order valence-electron chi connectivity index (χ2n) is 5.29. The van der Waals surface area contributed by atoms with Crippen molar-refractivity contribution in [3.8, 4) is 5.75 Å². The van der Waals surface area contributed by atoms with E-state index in [0.29, 0.717) is 18.9 Å². The van der Waals surface area contributed by atoms with E-state index in [4.69, 9.17) is 10.5 Å². The van der Waals surface area contributed by atoms with Crippen LogP contribution in [0.3, 0.4) is 0 Å². The monoisotopic (exact) mass is 278 g/mol. The van der Waals surface area contributed by atoms with E-state index in [1.165, 1.54) is 0 Å². The molecule has 0 bridgehead atoms. The first kappa shape index (κ1) is 16.5. The van der Waals surface area contributed by atoms with E-state index < -0.39 is 0 Å². The molecule has 2 atom stereocenters. The van der Waals surface area contributed by atoms with Crippen molar-refractivity contribution in [2.75, 3.05) is 13.7 Å². The zero-order valence-electron chi connectivity index (χ0n) is 12.7. The Morgan fingerprint density at radius 1 is 1.35 bits per heavy atom. The third-order valence-corrected chi connectivity index (χ3v) is 3.49. The van der Waals surface area contributed by atoms with Crippen molar-refractivity contribution in [1.29, 1.82) is 0 Å². The number of rotatable bonds is 8. The Labute approximate surface area is 121 Å². The van der Waals surface area contributed by atoms with Crippen molar-refractivity contribution < 1.29 is 9.53 Å². The summed E-state index contributed by atoms with van der Waals surface area (Å²) in [4.78, 5) is 11.9. The van der Waals surface area contributed by atoms with Crippen LogP contribution in [0.2, 0.25) is 0 Å². The number of carbonyl (C=O) groups excluding carboxylic acids is 1. The first-order valence-electron chi connectivity index (χ1n) is 7.20. The molecule has 4 nitrogen and oxygen atoms in total. The SMILES string of the molecule is COc1cccc([C@@H](C)NC(=O)CCC(C)CCN)c1. The van der Waals surface area contributed by atoms with Crippen molar-refractivity contribution in [1.82, 2.24) is 5.32 Å². The zero-order chi connectivity index (χ0) is 15.0. The molecule has 112 valence electrons. The fraction of sp³-hybridized carbons (Fsp3) is 0.562. The first-order chi connectivity index (χ1) is 9.56. The van der Waals surface area contributed by atoms with E-state index >= 15 is 0 Å². The molecule has 1 unspecified atom stereocenters. The lowest BCUT2D eigenvalue weighted by atomic mass is 10.0. The Hall–Kier alpha value is -1.55. The highest BCUT2D eigenvalue weighted by atomic mass is 16.5. The van der Waals surface area contributed by atoms with Gasteiger partial charge in [-0.15, -0.1) is 0 Å². The normalized spacial score (nSPS) is 13.6. The molecule has 0 saturated heterocycles. The van der Waals surface area contributed by atoms with Crippen LogP contribution in [0.4, 0.5) is 0 Å². The molecule has 0 saturated carbocycles. The van der Waals surface area contributed by atoms with Crippen LogP contribution in [0.15, 0.2) is 24.3 Å². The minimum atomic E-state index is -0.0117. The lowest BCUT2D eigenvalue weighted by Crippen LogP contribution is -2.26. The second-order valence-corrected chi connectivity index (χ2v) is 5.29. The fourth-order valence-corrected chi connectivity index (χ4v) is 2.11. The van der Waals surface area contributed by atoms with Crippen molar-refractivity contribution in [3.63, 3.8) is 0 Å². The number of benzene rings is 1. The van der Waals surface area contributed by atoms with Crippen LogP contribution in [0.5, 0.6) is 5.75 Å². The maximum absolute atomic E-state index is 11.9. The molecule has 3 N–H and O–H groups in total.